The number of carbonyl (C=O) groups is 1. The number of fused-ring (bicyclic) bond motifs is 1. The Hall–Kier alpha value is -1.81. The lowest BCUT2D eigenvalue weighted by Crippen LogP contribution is -2.34. The van der Waals surface area contributed by atoms with Crippen molar-refractivity contribution >= 4 is 16.9 Å². The highest BCUT2D eigenvalue weighted by atomic mass is 16.5. The molecule has 2 aromatic rings. The number of H-pyrrole nitrogens is 1. The van der Waals surface area contributed by atoms with Crippen molar-refractivity contribution in [2.75, 3.05) is 6.61 Å². The van der Waals surface area contributed by atoms with Crippen molar-refractivity contribution < 1.29 is 9.53 Å². The first-order valence-corrected chi connectivity index (χ1v) is 9.19. The summed E-state index contributed by atoms with van der Waals surface area (Å²) in [4.78, 5) is 15.2. The zero-order chi connectivity index (χ0) is 17.2. The molecule has 4 nitrogen and oxygen atoms in total. The van der Waals surface area contributed by atoms with Crippen LogP contribution in [-0.2, 0) is 16.0 Å². The number of unbranched alkanes of at least 4 members (excludes halogenated alkanes) is 6. The summed E-state index contributed by atoms with van der Waals surface area (Å²) in [5.74, 6) is -0.300. The van der Waals surface area contributed by atoms with Gasteiger partial charge in [0.05, 0.1) is 6.61 Å². The predicted octanol–water partition coefficient (Wildman–Crippen LogP) is 4.33. The summed E-state index contributed by atoms with van der Waals surface area (Å²) < 4.78 is 5.32. The number of benzene rings is 1. The van der Waals surface area contributed by atoms with Crippen LogP contribution in [-0.4, -0.2) is 23.6 Å². The van der Waals surface area contributed by atoms with Gasteiger partial charge in [-0.3, -0.25) is 4.79 Å². The number of aromatic nitrogens is 1. The third-order valence-electron chi connectivity index (χ3n) is 4.41. The standard InChI is InChI=1S/C20H30N2O2/c1-2-3-4-5-6-7-10-13-24-20(23)18(21)14-16-15-22-19-12-9-8-11-17(16)19/h8-9,11-12,15,18,22H,2-7,10,13-14,21H2,1H3/t18-/m0/s1. The van der Waals surface area contributed by atoms with Gasteiger partial charge in [0.2, 0.25) is 0 Å². The van der Waals surface area contributed by atoms with Crippen LogP contribution in [0.3, 0.4) is 0 Å². The number of nitrogens with two attached hydrogens (primary N) is 1. The van der Waals surface area contributed by atoms with E-state index in [2.05, 4.69) is 11.9 Å². The first-order chi connectivity index (χ1) is 11.7. The third kappa shape index (κ3) is 5.68. The molecule has 0 saturated heterocycles. The van der Waals surface area contributed by atoms with E-state index in [0.717, 1.165) is 29.3 Å². The third-order valence-corrected chi connectivity index (χ3v) is 4.41. The molecule has 2 rings (SSSR count). The maximum absolute atomic E-state index is 12.0. The second-order valence-electron chi connectivity index (χ2n) is 6.46. The van der Waals surface area contributed by atoms with Gasteiger partial charge >= 0.3 is 5.97 Å². The predicted molar refractivity (Wildman–Crippen MR) is 98.9 cm³/mol. The minimum Gasteiger partial charge on any atom is -0.465 e. The number of rotatable bonds is 11. The van der Waals surface area contributed by atoms with E-state index in [0.29, 0.717) is 13.0 Å². The van der Waals surface area contributed by atoms with Crippen molar-refractivity contribution in [2.45, 2.75) is 64.3 Å². The van der Waals surface area contributed by atoms with Gasteiger partial charge in [-0.05, 0) is 18.1 Å². The number of hydrogen-bond acceptors (Lipinski definition) is 3. The molecule has 1 aromatic heterocycles. The van der Waals surface area contributed by atoms with E-state index >= 15 is 0 Å². The molecule has 3 N–H and O–H groups in total. The molecule has 0 amide bonds. The van der Waals surface area contributed by atoms with Crippen molar-refractivity contribution in [3.63, 3.8) is 0 Å². The lowest BCUT2D eigenvalue weighted by Gasteiger charge is -2.11. The fourth-order valence-electron chi connectivity index (χ4n) is 2.96. The zero-order valence-corrected chi connectivity index (χ0v) is 14.7. The molecule has 24 heavy (non-hydrogen) atoms. The summed E-state index contributed by atoms with van der Waals surface area (Å²) in [5, 5.41) is 1.12. The van der Waals surface area contributed by atoms with Crippen LogP contribution in [0.5, 0.6) is 0 Å². The molecule has 1 atom stereocenters. The Morgan fingerprint density at radius 1 is 1.12 bits per heavy atom. The highest BCUT2D eigenvalue weighted by molar-refractivity contribution is 5.84. The lowest BCUT2D eigenvalue weighted by atomic mass is 10.1. The smallest absolute Gasteiger partial charge is 0.323 e. The van der Waals surface area contributed by atoms with E-state index in [4.69, 9.17) is 10.5 Å². The Morgan fingerprint density at radius 3 is 2.62 bits per heavy atom. The monoisotopic (exact) mass is 330 g/mol. The van der Waals surface area contributed by atoms with Crippen molar-refractivity contribution in [3.05, 3.63) is 36.0 Å². The van der Waals surface area contributed by atoms with E-state index in [1.54, 1.807) is 0 Å². The Morgan fingerprint density at radius 2 is 1.83 bits per heavy atom. The van der Waals surface area contributed by atoms with Gasteiger partial charge in [0.1, 0.15) is 6.04 Å². The number of nitrogens with one attached hydrogen (secondary N) is 1. The van der Waals surface area contributed by atoms with Gasteiger partial charge in [0, 0.05) is 23.5 Å². The van der Waals surface area contributed by atoms with Gasteiger partial charge in [-0.1, -0.05) is 63.6 Å². The molecule has 0 saturated carbocycles. The summed E-state index contributed by atoms with van der Waals surface area (Å²) in [6.07, 6.45) is 10.9. The van der Waals surface area contributed by atoms with Crippen LogP contribution >= 0.6 is 0 Å². The second-order valence-corrected chi connectivity index (χ2v) is 6.46. The minimum absolute atomic E-state index is 0.300. The maximum atomic E-state index is 12.0. The quantitative estimate of drug-likeness (QED) is 0.476. The number of aromatic amines is 1. The van der Waals surface area contributed by atoms with Gasteiger partial charge < -0.3 is 15.5 Å². The minimum atomic E-state index is -0.603. The van der Waals surface area contributed by atoms with Crippen molar-refractivity contribution in [2.24, 2.45) is 5.73 Å². The van der Waals surface area contributed by atoms with Gasteiger partial charge in [-0.2, -0.15) is 0 Å². The van der Waals surface area contributed by atoms with E-state index in [-0.39, 0.29) is 5.97 Å². The Kier molecular flexibility index (Phi) is 7.83. The van der Waals surface area contributed by atoms with E-state index < -0.39 is 6.04 Å². The number of carbonyl (C=O) groups excluding carboxylic acids is 1. The summed E-state index contributed by atoms with van der Waals surface area (Å²) in [5.41, 5.74) is 8.13. The summed E-state index contributed by atoms with van der Waals surface area (Å²) >= 11 is 0. The highest BCUT2D eigenvalue weighted by Crippen LogP contribution is 2.19. The maximum Gasteiger partial charge on any atom is 0.323 e. The molecule has 4 heteroatoms. The molecule has 1 heterocycles. The Labute approximate surface area is 144 Å². The Balaban J connectivity index is 1.65. The molecule has 0 bridgehead atoms. The van der Waals surface area contributed by atoms with Crippen molar-refractivity contribution in [1.29, 1.82) is 0 Å². The van der Waals surface area contributed by atoms with Gasteiger partial charge in [0.25, 0.3) is 0 Å². The average Bonchev–Trinajstić information content (AvgIpc) is 3.00. The normalized spacial score (nSPS) is 12.4. The molecule has 0 aliphatic rings. The summed E-state index contributed by atoms with van der Waals surface area (Å²) in [6.45, 7) is 2.70. The number of para-hydroxylation sites is 1. The first kappa shape index (κ1) is 18.5. The molecular formula is C20H30N2O2. The van der Waals surface area contributed by atoms with E-state index in [9.17, 15) is 4.79 Å². The molecule has 132 valence electrons. The van der Waals surface area contributed by atoms with Crippen LogP contribution in [0.4, 0.5) is 0 Å². The fourth-order valence-corrected chi connectivity index (χ4v) is 2.96. The highest BCUT2D eigenvalue weighted by Gasteiger charge is 2.17. The van der Waals surface area contributed by atoms with E-state index in [1.165, 1.54) is 32.1 Å². The Bertz CT molecular complexity index is 621. The molecule has 0 aliphatic carbocycles. The van der Waals surface area contributed by atoms with Gasteiger partial charge in [-0.15, -0.1) is 0 Å². The van der Waals surface area contributed by atoms with E-state index in [1.807, 2.05) is 30.5 Å². The molecule has 0 radical (unpaired) electrons. The van der Waals surface area contributed by atoms with Crippen LogP contribution < -0.4 is 5.73 Å². The molecule has 0 unspecified atom stereocenters. The van der Waals surface area contributed by atoms with Crippen LogP contribution in [0.15, 0.2) is 30.5 Å². The number of esters is 1. The zero-order valence-electron chi connectivity index (χ0n) is 14.7. The second kappa shape index (κ2) is 10.1. The topological polar surface area (TPSA) is 68.1 Å². The molecule has 0 spiro atoms. The SMILES string of the molecule is CCCCCCCCCOC(=O)[C@@H](N)Cc1c[nH]c2ccccc12. The largest absolute Gasteiger partial charge is 0.465 e. The van der Waals surface area contributed by atoms with Crippen LogP contribution in [0.25, 0.3) is 10.9 Å². The molecule has 1 aromatic carbocycles. The van der Waals surface area contributed by atoms with Crippen LogP contribution in [0, 0.1) is 0 Å². The van der Waals surface area contributed by atoms with Gasteiger partial charge in [0.15, 0.2) is 0 Å². The molecule has 0 aliphatic heterocycles. The molecular weight excluding hydrogens is 300 g/mol. The average molecular weight is 330 g/mol. The van der Waals surface area contributed by atoms with Crippen molar-refractivity contribution in [1.82, 2.24) is 4.98 Å². The van der Waals surface area contributed by atoms with Crippen molar-refractivity contribution in [3.8, 4) is 0 Å². The number of ether oxygens (including phenoxy) is 1. The first-order valence-electron chi connectivity index (χ1n) is 9.19. The van der Waals surface area contributed by atoms with Gasteiger partial charge in [-0.25, -0.2) is 0 Å². The fraction of sp³-hybridized carbons (Fsp3) is 0.550. The summed E-state index contributed by atoms with van der Waals surface area (Å²) in [7, 11) is 0. The van der Waals surface area contributed by atoms with Crippen LogP contribution in [0.1, 0.15) is 57.4 Å². The van der Waals surface area contributed by atoms with Crippen LogP contribution in [0.2, 0.25) is 0 Å². The molecule has 0 fully saturated rings. The summed E-state index contributed by atoms with van der Waals surface area (Å²) in [6, 6.07) is 7.43. The number of hydrogen-bond donors (Lipinski definition) is 2. The lowest BCUT2D eigenvalue weighted by molar-refractivity contribution is -0.145.